The molecular weight excluding hydrogens is 198 g/mol. The molecule has 16 heavy (non-hydrogen) atoms. The van der Waals surface area contributed by atoms with Crippen LogP contribution in [0.25, 0.3) is 0 Å². The Labute approximate surface area is 97.5 Å². The lowest BCUT2D eigenvalue weighted by Gasteiger charge is -2.32. The highest BCUT2D eigenvalue weighted by Crippen LogP contribution is 2.26. The third-order valence-electron chi connectivity index (χ3n) is 3.48. The van der Waals surface area contributed by atoms with Gasteiger partial charge in [-0.25, -0.2) is 0 Å². The van der Waals surface area contributed by atoms with Gasteiger partial charge >= 0.3 is 0 Å². The van der Waals surface area contributed by atoms with Crippen LogP contribution in [0.4, 0.5) is 5.69 Å². The van der Waals surface area contributed by atoms with Crippen molar-refractivity contribution in [2.24, 2.45) is 11.7 Å². The summed E-state index contributed by atoms with van der Waals surface area (Å²) >= 11 is 0. The monoisotopic (exact) mass is 219 g/mol. The number of nitrogens with zero attached hydrogens (tertiary/aromatic N) is 1. The Morgan fingerprint density at radius 1 is 1.38 bits per heavy atom. The summed E-state index contributed by atoms with van der Waals surface area (Å²) in [6.45, 7) is 2.80. The standard InChI is InChI=1S/C13H21N3/c1-10-6-7-12(9-15-10)16-13-5-3-2-4-11(13)8-14/h6-7,9,11,13,16H,2-5,8,14H2,1H3. The second-order valence-electron chi connectivity index (χ2n) is 4.72. The summed E-state index contributed by atoms with van der Waals surface area (Å²) in [5, 5.41) is 3.57. The van der Waals surface area contributed by atoms with Crippen LogP contribution in [0.5, 0.6) is 0 Å². The maximum absolute atomic E-state index is 5.82. The third-order valence-corrected chi connectivity index (χ3v) is 3.48. The fraction of sp³-hybridized carbons (Fsp3) is 0.615. The molecule has 1 aliphatic carbocycles. The first-order chi connectivity index (χ1) is 7.79. The van der Waals surface area contributed by atoms with Crippen LogP contribution in [0.15, 0.2) is 18.3 Å². The maximum atomic E-state index is 5.82. The van der Waals surface area contributed by atoms with Crippen molar-refractivity contribution in [2.75, 3.05) is 11.9 Å². The molecular formula is C13H21N3. The van der Waals surface area contributed by atoms with Crippen LogP contribution in [0, 0.1) is 12.8 Å². The summed E-state index contributed by atoms with van der Waals surface area (Å²) in [6, 6.07) is 4.68. The Morgan fingerprint density at radius 2 is 2.19 bits per heavy atom. The van der Waals surface area contributed by atoms with E-state index in [1.165, 1.54) is 25.7 Å². The predicted molar refractivity (Wildman–Crippen MR) is 67.4 cm³/mol. The normalized spacial score (nSPS) is 25.4. The van der Waals surface area contributed by atoms with Crippen LogP contribution < -0.4 is 11.1 Å². The van der Waals surface area contributed by atoms with Crippen molar-refractivity contribution in [3.63, 3.8) is 0 Å². The summed E-state index contributed by atoms with van der Waals surface area (Å²) in [7, 11) is 0. The van der Waals surface area contributed by atoms with Crippen LogP contribution in [0.3, 0.4) is 0 Å². The molecule has 0 radical (unpaired) electrons. The lowest BCUT2D eigenvalue weighted by molar-refractivity contribution is 0.332. The second-order valence-corrected chi connectivity index (χ2v) is 4.72. The molecule has 3 heteroatoms. The van der Waals surface area contributed by atoms with Gasteiger partial charge in [-0.2, -0.15) is 0 Å². The highest BCUT2D eigenvalue weighted by Gasteiger charge is 2.23. The van der Waals surface area contributed by atoms with Gasteiger partial charge in [0.2, 0.25) is 0 Å². The average Bonchev–Trinajstić information content (AvgIpc) is 2.33. The molecule has 1 aromatic rings. The topological polar surface area (TPSA) is 50.9 Å². The number of nitrogens with two attached hydrogens (primary N) is 1. The van der Waals surface area contributed by atoms with Gasteiger partial charge < -0.3 is 11.1 Å². The minimum absolute atomic E-state index is 0.531. The average molecular weight is 219 g/mol. The van der Waals surface area contributed by atoms with Crippen molar-refractivity contribution in [1.82, 2.24) is 4.98 Å². The number of aryl methyl sites for hydroxylation is 1. The van der Waals surface area contributed by atoms with E-state index in [4.69, 9.17) is 5.73 Å². The minimum atomic E-state index is 0.531. The predicted octanol–water partition coefficient (Wildman–Crippen LogP) is 2.32. The summed E-state index contributed by atoms with van der Waals surface area (Å²) in [4.78, 5) is 4.30. The molecule has 1 aliphatic rings. The number of nitrogens with one attached hydrogen (secondary N) is 1. The summed E-state index contributed by atoms with van der Waals surface area (Å²) in [6.07, 6.45) is 7.04. The Kier molecular flexibility index (Phi) is 3.78. The molecule has 88 valence electrons. The third kappa shape index (κ3) is 2.73. The smallest absolute Gasteiger partial charge is 0.0529 e. The number of hydrogen-bond acceptors (Lipinski definition) is 3. The SMILES string of the molecule is Cc1ccc(NC2CCCCC2CN)cn1. The fourth-order valence-electron chi connectivity index (χ4n) is 2.45. The summed E-state index contributed by atoms with van der Waals surface area (Å²) in [5.74, 6) is 0.620. The van der Waals surface area contributed by atoms with Crippen molar-refractivity contribution in [1.29, 1.82) is 0 Å². The van der Waals surface area contributed by atoms with Gasteiger partial charge in [-0.3, -0.25) is 4.98 Å². The number of pyridine rings is 1. The minimum Gasteiger partial charge on any atom is -0.381 e. The van der Waals surface area contributed by atoms with Crippen molar-refractivity contribution in [2.45, 2.75) is 38.6 Å². The van der Waals surface area contributed by atoms with Crippen molar-refractivity contribution < 1.29 is 0 Å². The molecule has 1 fully saturated rings. The van der Waals surface area contributed by atoms with E-state index in [1.54, 1.807) is 0 Å². The van der Waals surface area contributed by atoms with Crippen LogP contribution in [0.1, 0.15) is 31.4 Å². The van der Waals surface area contributed by atoms with Crippen molar-refractivity contribution in [3.05, 3.63) is 24.0 Å². The van der Waals surface area contributed by atoms with E-state index in [9.17, 15) is 0 Å². The van der Waals surface area contributed by atoms with Gasteiger partial charge in [0.05, 0.1) is 11.9 Å². The molecule has 0 aliphatic heterocycles. The van der Waals surface area contributed by atoms with E-state index >= 15 is 0 Å². The molecule has 0 bridgehead atoms. The van der Waals surface area contributed by atoms with Gasteiger partial charge in [-0.1, -0.05) is 12.8 Å². The maximum Gasteiger partial charge on any atom is 0.0529 e. The Morgan fingerprint density at radius 3 is 2.88 bits per heavy atom. The first kappa shape index (κ1) is 11.4. The Bertz CT molecular complexity index is 320. The largest absolute Gasteiger partial charge is 0.381 e. The van der Waals surface area contributed by atoms with Crippen LogP contribution in [-0.4, -0.2) is 17.6 Å². The first-order valence-corrected chi connectivity index (χ1v) is 6.19. The fourth-order valence-corrected chi connectivity index (χ4v) is 2.45. The van der Waals surface area contributed by atoms with Crippen LogP contribution in [0.2, 0.25) is 0 Å². The molecule has 2 atom stereocenters. The quantitative estimate of drug-likeness (QED) is 0.820. The second kappa shape index (κ2) is 5.30. The molecule has 0 spiro atoms. The number of anilines is 1. The van der Waals surface area contributed by atoms with Gasteiger partial charge in [0.15, 0.2) is 0 Å². The Balaban J connectivity index is 1.99. The van der Waals surface area contributed by atoms with Gasteiger partial charge in [-0.05, 0) is 44.4 Å². The summed E-state index contributed by atoms with van der Waals surface area (Å²) in [5.41, 5.74) is 8.00. The van der Waals surface area contributed by atoms with Gasteiger partial charge in [0.25, 0.3) is 0 Å². The van der Waals surface area contributed by atoms with E-state index in [0.29, 0.717) is 12.0 Å². The van der Waals surface area contributed by atoms with Gasteiger partial charge in [0, 0.05) is 11.7 Å². The molecule has 1 saturated carbocycles. The molecule has 0 amide bonds. The zero-order chi connectivity index (χ0) is 11.4. The lowest BCUT2D eigenvalue weighted by atomic mass is 9.84. The van der Waals surface area contributed by atoms with Gasteiger partial charge in [0.1, 0.15) is 0 Å². The van der Waals surface area contributed by atoms with E-state index in [0.717, 1.165) is 17.9 Å². The molecule has 0 saturated heterocycles. The number of hydrogen-bond donors (Lipinski definition) is 2. The van der Waals surface area contributed by atoms with Crippen LogP contribution >= 0.6 is 0 Å². The Hall–Kier alpha value is -1.09. The van der Waals surface area contributed by atoms with Gasteiger partial charge in [-0.15, -0.1) is 0 Å². The first-order valence-electron chi connectivity index (χ1n) is 6.19. The summed E-state index contributed by atoms with van der Waals surface area (Å²) < 4.78 is 0. The molecule has 0 aromatic carbocycles. The van der Waals surface area contributed by atoms with E-state index in [-0.39, 0.29) is 0 Å². The van der Waals surface area contributed by atoms with E-state index in [2.05, 4.69) is 16.4 Å². The number of aromatic nitrogens is 1. The molecule has 2 unspecified atom stereocenters. The van der Waals surface area contributed by atoms with Crippen molar-refractivity contribution >= 4 is 5.69 Å². The van der Waals surface area contributed by atoms with Crippen molar-refractivity contribution in [3.8, 4) is 0 Å². The number of rotatable bonds is 3. The molecule has 3 N–H and O–H groups in total. The van der Waals surface area contributed by atoms with E-state index in [1.807, 2.05) is 19.2 Å². The molecule has 1 aromatic heterocycles. The van der Waals surface area contributed by atoms with E-state index < -0.39 is 0 Å². The van der Waals surface area contributed by atoms with Crippen LogP contribution in [-0.2, 0) is 0 Å². The zero-order valence-corrected chi connectivity index (χ0v) is 9.95. The lowest BCUT2D eigenvalue weighted by Crippen LogP contribution is -2.36. The highest BCUT2D eigenvalue weighted by molar-refractivity contribution is 5.42. The molecule has 3 nitrogen and oxygen atoms in total. The molecule has 1 heterocycles. The highest BCUT2D eigenvalue weighted by atomic mass is 14.9. The molecule has 2 rings (SSSR count). The zero-order valence-electron chi connectivity index (χ0n) is 9.95.